The highest BCUT2D eigenvalue weighted by Gasteiger charge is 2.06. The van der Waals surface area contributed by atoms with Crippen LogP contribution in [0.2, 0.25) is 15.1 Å². The topological polar surface area (TPSA) is 38.3 Å². The van der Waals surface area contributed by atoms with Gasteiger partial charge in [0.05, 0.1) is 5.02 Å². The number of rotatable bonds is 7. The summed E-state index contributed by atoms with van der Waals surface area (Å²) in [4.78, 5) is 11.7. The smallest absolute Gasteiger partial charge is 0.257 e. The molecule has 0 unspecified atom stereocenters. The van der Waals surface area contributed by atoms with Gasteiger partial charge in [-0.2, -0.15) is 0 Å². The van der Waals surface area contributed by atoms with E-state index in [1.807, 2.05) is 24.3 Å². The fourth-order valence-electron chi connectivity index (χ4n) is 1.99. The Kier molecular flexibility index (Phi) is 7.03. The lowest BCUT2D eigenvalue weighted by Gasteiger charge is -2.09. The largest absolute Gasteiger partial charge is 0.482 e. The number of carbonyl (C=O) groups is 1. The molecule has 2 aromatic carbocycles. The van der Waals surface area contributed by atoms with E-state index in [2.05, 4.69) is 5.32 Å². The number of ether oxygens (including phenoxy) is 1. The van der Waals surface area contributed by atoms with E-state index < -0.39 is 0 Å². The van der Waals surface area contributed by atoms with E-state index in [1.54, 1.807) is 18.2 Å². The Hall–Kier alpha value is -1.42. The second-order valence-corrected chi connectivity index (χ2v) is 6.16. The number of hydrogen-bond acceptors (Lipinski definition) is 2. The van der Waals surface area contributed by atoms with Gasteiger partial charge in [0.15, 0.2) is 6.61 Å². The van der Waals surface area contributed by atoms with Crippen molar-refractivity contribution in [1.29, 1.82) is 0 Å². The summed E-state index contributed by atoms with van der Waals surface area (Å²) in [5, 5.41) is 4.45. The van der Waals surface area contributed by atoms with Gasteiger partial charge < -0.3 is 10.1 Å². The predicted octanol–water partition coefficient (Wildman–Crippen LogP) is 4.77. The second-order valence-electron chi connectivity index (χ2n) is 4.91. The van der Waals surface area contributed by atoms with Crippen LogP contribution in [0.25, 0.3) is 0 Å². The minimum absolute atomic E-state index is 0.0898. The molecular formula is C17H16Cl3NO2. The molecule has 0 aliphatic carbocycles. The van der Waals surface area contributed by atoms with Crippen molar-refractivity contribution in [2.75, 3.05) is 13.2 Å². The van der Waals surface area contributed by atoms with Crippen LogP contribution < -0.4 is 10.1 Å². The van der Waals surface area contributed by atoms with Crippen LogP contribution in [0.15, 0.2) is 42.5 Å². The fourth-order valence-corrected chi connectivity index (χ4v) is 2.69. The first-order valence-corrected chi connectivity index (χ1v) is 8.27. The van der Waals surface area contributed by atoms with Gasteiger partial charge in [0.2, 0.25) is 0 Å². The molecule has 122 valence electrons. The standard InChI is InChI=1S/C17H16Cl3NO2/c18-13-7-8-16(15(20)10-13)23-11-17(22)21-9-3-5-12-4-1-2-6-14(12)19/h1-2,4,6-8,10H,3,5,9,11H2,(H,21,22). The predicted molar refractivity (Wildman–Crippen MR) is 94.7 cm³/mol. The number of hydrogen-bond donors (Lipinski definition) is 1. The molecule has 0 saturated heterocycles. The molecule has 3 nitrogen and oxygen atoms in total. The molecule has 1 amide bonds. The first-order valence-electron chi connectivity index (χ1n) is 7.14. The molecule has 0 fully saturated rings. The average Bonchev–Trinajstić information content (AvgIpc) is 2.52. The van der Waals surface area contributed by atoms with Crippen LogP contribution in [-0.2, 0) is 11.2 Å². The summed E-state index contributed by atoms with van der Waals surface area (Å²) >= 11 is 17.8. The number of benzene rings is 2. The van der Waals surface area contributed by atoms with Crippen molar-refractivity contribution in [3.63, 3.8) is 0 Å². The van der Waals surface area contributed by atoms with Crippen molar-refractivity contribution < 1.29 is 9.53 Å². The summed E-state index contributed by atoms with van der Waals surface area (Å²) in [5.41, 5.74) is 1.08. The van der Waals surface area contributed by atoms with E-state index in [1.165, 1.54) is 0 Å². The summed E-state index contributed by atoms with van der Waals surface area (Å²) in [6.45, 7) is 0.467. The molecule has 0 saturated carbocycles. The summed E-state index contributed by atoms with van der Waals surface area (Å²) in [7, 11) is 0. The number of nitrogens with one attached hydrogen (secondary N) is 1. The third-order valence-corrected chi connectivity index (χ3v) is 4.05. The van der Waals surface area contributed by atoms with Gasteiger partial charge in [-0.25, -0.2) is 0 Å². The minimum Gasteiger partial charge on any atom is -0.482 e. The molecule has 1 N–H and O–H groups in total. The SMILES string of the molecule is O=C(COc1ccc(Cl)cc1Cl)NCCCc1ccccc1Cl. The quantitative estimate of drug-likeness (QED) is 0.711. The molecule has 0 spiro atoms. The van der Waals surface area contributed by atoms with Gasteiger partial charge in [0, 0.05) is 16.6 Å². The van der Waals surface area contributed by atoms with Crippen molar-refractivity contribution in [3.05, 3.63) is 63.1 Å². The molecule has 0 aliphatic rings. The van der Waals surface area contributed by atoms with Crippen molar-refractivity contribution in [2.45, 2.75) is 12.8 Å². The summed E-state index contributed by atoms with van der Waals surface area (Å²) < 4.78 is 5.36. The normalized spacial score (nSPS) is 10.4. The molecule has 6 heteroatoms. The Morgan fingerprint density at radius 3 is 2.57 bits per heavy atom. The van der Waals surface area contributed by atoms with Gasteiger partial charge in [-0.3, -0.25) is 4.79 Å². The van der Waals surface area contributed by atoms with Crippen LogP contribution in [0.3, 0.4) is 0 Å². The average molecular weight is 373 g/mol. The molecule has 0 radical (unpaired) electrons. The Morgan fingerprint density at radius 1 is 1.04 bits per heavy atom. The Labute approximate surface area is 150 Å². The maximum atomic E-state index is 11.7. The second kappa shape index (κ2) is 9.02. The van der Waals surface area contributed by atoms with Crippen LogP contribution in [0, 0.1) is 0 Å². The lowest BCUT2D eigenvalue weighted by molar-refractivity contribution is -0.123. The zero-order valence-electron chi connectivity index (χ0n) is 12.3. The van der Waals surface area contributed by atoms with E-state index in [0.29, 0.717) is 22.3 Å². The van der Waals surface area contributed by atoms with Gasteiger partial charge in [-0.15, -0.1) is 0 Å². The van der Waals surface area contributed by atoms with Crippen LogP contribution in [0.5, 0.6) is 5.75 Å². The van der Waals surface area contributed by atoms with Gasteiger partial charge in [-0.1, -0.05) is 53.0 Å². The molecule has 2 rings (SSSR count). The Bertz CT molecular complexity index is 677. The van der Waals surface area contributed by atoms with Crippen LogP contribution in [-0.4, -0.2) is 19.1 Å². The molecule has 2 aromatic rings. The van der Waals surface area contributed by atoms with E-state index >= 15 is 0 Å². The monoisotopic (exact) mass is 371 g/mol. The number of halogens is 3. The summed E-state index contributed by atoms with van der Waals surface area (Å²) in [5.74, 6) is 0.234. The van der Waals surface area contributed by atoms with Crippen LogP contribution in [0.1, 0.15) is 12.0 Å². The van der Waals surface area contributed by atoms with E-state index in [-0.39, 0.29) is 12.5 Å². The maximum absolute atomic E-state index is 11.7. The number of amides is 1. The van der Waals surface area contributed by atoms with Crippen molar-refractivity contribution in [2.24, 2.45) is 0 Å². The zero-order valence-corrected chi connectivity index (χ0v) is 14.6. The highest BCUT2D eigenvalue weighted by Crippen LogP contribution is 2.27. The van der Waals surface area contributed by atoms with Crippen molar-refractivity contribution in [1.82, 2.24) is 5.32 Å². The lowest BCUT2D eigenvalue weighted by Crippen LogP contribution is -2.29. The Balaban J connectivity index is 1.68. The molecule has 0 aliphatic heterocycles. The van der Waals surface area contributed by atoms with Crippen LogP contribution >= 0.6 is 34.8 Å². The van der Waals surface area contributed by atoms with Crippen molar-refractivity contribution >= 4 is 40.7 Å². The third kappa shape index (κ3) is 5.94. The van der Waals surface area contributed by atoms with Gasteiger partial charge in [0.25, 0.3) is 5.91 Å². The first kappa shape index (κ1) is 17.9. The molecule has 0 atom stereocenters. The zero-order chi connectivity index (χ0) is 16.7. The van der Waals surface area contributed by atoms with Crippen molar-refractivity contribution in [3.8, 4) is 5.75 Å². The van der Waals surface area contributed by atoms with E-state index in [4.69, 9.17) is 39.5 Å². The molecule has 0 bridgehead atoms. The Morgan fingerprint density at radius 2 is 1.83 bits per heavy atom. The fraction of sp³-hybridized carbons (Fsp3) is 0.235. The first-order chi connectivity index (χ1) is 11.1. The molecule has 23 heavy (non-hydrogen) atoms. The maximum Gasteiger partial charge on any atom is 0.257 e. The van der Waals surface area contributed by atoms with Gasteiger partial charge >= 0.3 is 0 Å². The molecule has 0 aromatic heterocycles. The van der Waals surface area contributed by atoms with E-state index in [9.17, 15) is 4.79 Å². The van der Waals surface area contributed by atoms with E-state index in [0.717, 1.165) is 23.4 Å². The summed E-state index contributed by atoms with van der Waals surface area (Å²) in [6.07, 6.45) is 1.61. The minimum atomic E-state index is -0.199. The number of carbonyl (C=O) groups excluding carboxylic acids is 1. The molecular weight excluding hydrogens is 357 g/mol. The van der Waals surface area contributed by atoms with Crippen LogP contribution in [0.4, 0.5) is 0 Å². The highest BCUT2D eigenvalue weighted by molar-refractivity contribution is 6.35. The molecule has 0 heterocycles. The van der Waals surface area contributed by atoms with Gasteiger partial charge in [0.1, 0.15) is 5.75 Å². The third-order valence-electron chi connectivity index (χ3n) is 3.16. The number of aryl methyl sites for hydroxylation is 1. The highest BCUT2D eigenvalue weighted by atomic mass is 35.5. The summed E-state index contributed by atoms with van der Waals surface area (Å²) in [6, 6.07) is 12.5. The van der Waals surface area contributed by atoms with Gasteiger partial charge in [-0.05, 0) is 42.7 Å². The lowest BCUT2D eigenvalue weighted by atomic mass is 10.1.